The van der Waals surface area contributed by atoms with E-state index in [1.165, 1.54) is 0 Å². The maximum Gasteiger partial charge on any atom is 0.248 e. The van der Waals surface area contributed by atoms with Crippen molar-refractivity contribution in [2.24, 2.45) is 5.73 Å². The van der Waals surface area contributed by atoms with Crippen LogP contribution in [0.15, 0.2) is 30.5 Å². The van der Waals surface area contributed by atoms with E-state index in [2.05, 4.69) is 15.5 Å². The van der Waals surface area contributed by atoms with Crippen molar-refractivity contribution in [2.75, 3.05) is 0 Å². The number of carbonyl (C=O) groups is 1. The Morgan fingerprint density at radius 3 is 2.94 bits per heavy atom. The molecule has 0 unspecified atom stereocenters. The zero-order chi connectivity index (χ0) is 13.0. The zero-order valence-electron chi connectivity index (χ0n) is 10.2. The summed E-state index contributed by atoms with van der Waals surface area (Å²) in [7, 11) is 0. The van der Waals surface area contributed by atoms with Gasteiger partial charge in [-0.1, -0.05) is 12.1 Å². The van der Waals surface area contributed by atoms with Gasteiger partial charge in [0.15, 0.2) is 0 Å². The van der Waals surface area contributed by atoms with Crippen molar-refractivity contribution in [1.82, 2.24) is 15.5 Å². The van der Waals surface area contributed by atoms with Gasteiger partial charge in [-0.3, -0.25) is 9.89 Å². The van der Waals surface area contributed by atoms with Gasteiger partial charge in [-0.15, -0.1) is 0 Å². The Morgan fingerprint density at radius 2 is 2.28 bits per heavy atom. The van der Waals surface area contributed by atoms with Gasteiger partial charge in [-0.05, 0) is 24.6 Å². The second-order valence-corrected chi connectivity index (χ2v) is 4.19. The van der Waals surface area contributed by atoms with Crippen molar-refractivity contribution >= 4 is 5.91 Å². The lowest BCUT2D eigenvalue weighted by atomic mass is 10.1. The maximum atomic E-state index is 11.0. The highest BCUT2D eigenvalue weighted by atomic mass is 16.1. The Balaban J connectivity index is 1.92. The lowest BCUT2D eigenvalue weighted by Crippen LogP contribution is -2.15. The topological polar surface area (TPSA) is 83.8 Å². The lowest BCUT2D eigenvalue weighted by molar-refractivity contribution is 0.1000. The van der Waals surface area contributed by atoms with Gasteiger partial charge in [0.05, 0.1) is 6.20 Å². The van der Waals surface area contributed by atoms with Crippen LogP contribution in [0.2, 0.25) is 0 Å². The fourth-order valence-electron chi connectivity index (χ4n) is 1.73. The molecule has 1 heterocycles. The van der Waals surface area contributed by atoms with E-state index in [4.69, 9.17) is 5.73 Å². The van der Waals surface area contributed by atoms with E-state index in [0.717, 1.165) is 23.4 Å². The lowest BCUT2D eigenvalue weighted by Gasteiger charge is -2.05. The summed E-state index contributed by atoms with van der Waals surface area (Å²) in [5.41, 5.74) is 9.01. The summed E-state index contributed by atoms with van der Waals surface area (Å²) in [6.07, 6.45) is 1.81. The number of primary amides is 1. The number of aromatic nitrogens is 2. The molecule has 1 amide bonds. The van der Waals surface area contributed by atoms with E-state index in [0.29, 0.717) is 12.1 Å². The fourth-order valence-corrected chi connectivity index (χ4v) is 1.73. The van der Waals surface area contributed by atoms with Crippen molar-refractivity contribution in [2.45, 2.75) is 20.0 Å². The van der Waals surface area contributed by atoms with Gasteiger partial charge in [-0.2, -0.15) is 5.10 Å². The third-order valence-electron chi connectivity index (χ3n) is 2.79. The van der Waals surface area contributed by atoms with Gasteiger partial charge in [-0.25, -0.2) is 0 Å². The molecule has 1 aromatic carbocycles. The molecule has 5 heteroatoms. The van der Waals surface area contributed by atoms with Crippen LogP contribution in [0.4, 0.5) is 0 Å². The highest BCUT2D eigenvalue weighted by Gasteiger charge is 2.02. The summed E-state index contributed by atoms with van der Waals surface area (Å²) in [6, 6.07) is 7.31. The molecule has 0 aliphatic heterocycles. The Labute approximate surface area is 105 Å². The Bertz CT molecular complexity index is 547. The number of rotatable bonds is 5. The number of nitrogens with one attached hydrogen (secondary N) is 2. The van der Waals surface area contributed by atoms with Gasteiger partial charge >= 0.3 is 0 Å². The van der Waals surface area contributed by atoms with Crippen LogP contribution in [0.5, 0.6) is 0 Å². The van der Waals surface area contributed by atoms with Crippen molar-refractivity contribution < 1.29 is 4.79 Å². The van der Waals surface area contributed by atoms with Crippen LogP contribution >= 0.6 is 0 Å². The average Bonchev–Trinajstić information content (AvgIpc) is 2.76. The van der Waals surface area contributed by atoms with Crippen molar-refractivity contribution in [3.05, 3.63) is 52.8 Å². The molecule has 5 nitrogen and oxygen atoms in total. The molecule has 2 rings (SSSR count). The van der Waals surface area contributed by atoms with Crippen LogP contribution in [0, 0.1) is 6.92 Å². The number of amides is 1. The predicted octanol–water partition coefficient (Wildman–Crippen LogP) is 1.11. The van der Waals surface area contributed by atoms with E-state index in [1.807, 2.05) is 25.3 Å². The summed E-state index contributed by atoms with van der Waals surface area (Å²) in [4.78, 5) is 11.0. The quantitative estimate of drug-likeness (QED) is 0.736. The highest BCUT2D eigenvalue weighted by Crippen LogP contribution is 2.06. The first-order chi connectivity index (χ1) is 8.66. The van der Waals surface area contributed by atoms with Gasteiger partial charge < -0.3 is 11.1 Å². The molecule has 0 atom stereocenters. The molecule has 0 radical (unpaired) electrons. The number of H-pyrrole nitrogens is 1. The largest absolute Gasteiger partial charge is 0.366 e. The summed E-state index contributed by atoms with van der Waals surface area (Å²) >= 11 is 0. The normalized spacial score (nSPS) is 10.5. The number of nitrogens with zero attached hydrogens (tertiary/aromatic N) is 1. The average molecular weight is 244 g/mol. The molecule has 18 heavy (non-hydrogen) atoms. The van der Waals surface area contributed by atoms with E-state index < -0.39 is 5.91 Å². The second kappa shape index (κ2) is 5.46. The SMILES string of the molecule is Cc1[nH]ncc1CNCc1cccc(C(N)=O)c1. The van der Waals surface area contributed by atoms with E-state index >= 15 is 0 Å². The molecular weight excluding hydrogens is 228 g/mol. The fraction of sp³-hybridized carbons (Fsp3) is 0.231. The molecule has 0 saturated heterocycles. The molecular formula is C13H16N4O. The molecule has 0 bridgehead atoms. The second-order valence-electron chi connectivity index (χ2n) is 4.19. The smallest absolute Gasteiger partial charge is 0.248 e. The maximum absolute atomic E-state index is 11.0. The monoisotopic (exact) mass is 244 g/mol. The van der Waals surface area contributed by atoms with E-state index in [9.17, 15) is 4.79 Å². The van der Waals surface area contributed by atoms with Crippen molar-refractivity contribution in [3.8, 4) is 0 Å². The minimum Gasteiger partial charge on any atom is -0.366 e. The van der Waals surface area contributed by atoms with Crippen LogP contribution in [-0.4, -0.2) is 16.1 Å². The zero-order valence-corrected chi connectivity index (χ0v) is 10.2. The molecule has 2 aromatic rings. The molecule has 94 valence electrons. The van der Waals surface area contributed by atoms with Gasteiger partial charge in [0.2, 0.25) is 5.91 Å². The van der Waals surface area contributed by atoms with Crippen molar-refractivity contribution in [1.29, 1.82) is 0 Å². The first kappa shape index (κ1) is 12.3. The van der Waals surface area contributed by atoms with Gasteiger partial charge in [0, 0.05) is 29.9 Å². The Kier molecular flexibility index (Phi) is 3.74. The third kappa shape index (κ3) is 2.95. The highest BCUT2D eigenvalue weighted by molar-refractivity contribution is 5.92. The third-order valence-corrected chi connectivity index (χ3v) is 2.79. The van der Waals surface area contributed by atoms with Crippen LogP contribution in [0.25, 0.3) is 0 Å². The number of aromatic amines is 1. The first-order valence-corrected chi connectivity index (χ1v) is 5.75. The number of aryl methyl sites for hydroxylation is 1. The van der Waals surface area contributed by atoms with Gasteiger partial charge in [0.1, 0.15) is 0 Å². The Hall–Kier alpha value is -2.14. The van der Waals surface area contributed by atoms with E-state index in [-0.39, 0.29) is 0 Å². The summed E-state index contributed by atoms with van der Waals surface area (Å²) in [5, 5.41) is 10.1. The van der Waals surface area contributed by atoms with Crippen LogP contribution in [0.3, 0.4) is 0 Å². The van der Waals surface area contributed by atoms with Crippen molar-refractivity contribution in [3.63, 3.8) is 0 Å². The molecule has 0 aliphatic carbocycles. The van der Waals surface area contributed by atoms with Crippen LogP contribution in [-0.2, 0) is 13.1 Å². The van der Waals surface area contributed by atoms with E-state index in [1.54, 1.807) is 12.1 Å². The number of carbonyl (C=O) groups excluding carboxylic acids is 1. The van der Waals surface area contributed by atoms with Crippen LogP contribution in [0.1, 0.15) is 27.2 Å². The molecule has 0 fully saturated rings. The van der Waals surface area contributed by atoms with Crippen LogP contribution < -0.4 is 11.1 Å². The molecule has 0 aliphatic rings. The molecule has 1 aromatic heterocycles. The summed E-state index contributed by atoms with van der Waals surface area (Å²) in [5.74, 6) is -0.400. The number of nitrogens with two attached hydrogens (primary N) is 1. The summed E-state index contributed by atoms with van der Waals surface area (Å²) in [6.45, 7) is 3.41. The summed E-state index contributed by atoms with van der Waals surface area (Å²) < 4.78 is 0. The minimum atomic E-state index is -0.400. The molecule has 0 spiro atoms. The Morgan fingerprint density at radius 1 is 1.44 bits per heavy atom. The first-order valence-electron chi connectivity index (χ1n) is 5.75. The number of hydrogen-bond acceptors (Lipinski definition) is 3. The number of hydrogen-bond donors (Lipinski definition) is 3. The number of benzene rings is 1. The standard InChI is InChI=1S/C13H16N4O/c1-9-12(8-16-17-9)7-15-6-10-3-2-4-11(5-10)13(14)18/h2-5,8,15H,6-7H2,1H3,(H2,14,18)(H,16,17). The molecule has 4 N–H and O–H groups in total. The predicted molar refractivity (Wildman–Crippen MR) is 68.8 cm³/mol. The van der Waals surface area contributed by atoms with Gasteiger partial charge in [0.25, 0.3) is 0 Å². The molecule has 0 saturated carbocycles. The minimum absolute atomic E-state index is 0.400.